The van der Waals surface area contributed by atoms with Crippen LogP contribution in [0.3, 0.4) is 0 Å². The van der Waals surface area contributed by atoms with Gasteiger partial charge < -0.3 is 20.3 Å². The van der Waals surface area contributed by atoms with E-state index in [9.17, 15) is 0 Å². The molecule has 0 aromatic rings. The number of unbranched alkanes of at least 4 members (excludes halogenated alkanes) is 1. The second-order valence-electron chi connectivity index (χ2n) is 4.62. The number of nitrogens with zero attached hydrogens (tertiary/aromatic N) is 2. The van der Waals surface area contributed by atoms with Gasteiger partial charge in [-0.1, -0.05) is 13.8 Å². The molecule has 0 saturated carbocycles. The van der Waals surface area contributed by atoms with Gasteiger partial charge in [-0.3, -0.25) is 4.99 Å². The monoisotopic (exact) mass is 414 g/mol. The molecule has 0 spiro atoms. The minimum absolute atomic E-state index is 0. The summed E-state index contributed by atoms with van der Waals surface area (Å²) >= 11 is 0. The second-order valence-corrected chi connectivity index (χ2v) is 4.62. The molecule has 0 radical (unpaired) electrons. The van der Waals surface area contributed by atoms with Crippen molar-refractivity contribution in [2.45, 2.75) is 40.5 Å². The van der Waals surface area contributed by atoms with Crippen molar-refractivity contribution in [3.8, 4) is 0 Å². The smallest absolute Gasteiger partial charge is 0.191 e. The molecule has 128 valence electrons. The zero-order valence-electron chi connectivity index (χ0n) is 14.3. The largest absolute Gasteiger partial charge is 0.382 e. The van der Waals surface area contributed by atoms with E-state index in [0.717, 1.165) is 71.3 Å². The van der Waals surface area contributed by atoms with Crippen molar-refractivity contribution >= 4 is 29.9 Å². The van der Waals surface area contributed by atoms with Crippen LogP contribution in [-0.2, 0) is 4.74 Å². The van der Waals surface area contributed by atoms with Crippen LogP contribution in [0.25, 0.3) is 0 Å². The number of halogens is 1. The molecular weight excluding hydrogens is 379 g/mol. The van der Waals surface area contributed by atoms with Gasteiger partial charge in [0.1, 0.15) is 0 Å². The molecule has 21 heavy (non-hydrogen) atoms. The van der Waals surface area contributed by atoms with Gasteiger partial charge in [0, 0.05) is 39.4 Å². The second kappa shape index (κ2) is 18.0. The van der Waals surface area contributed by atoms with Crippen molar-refractivity contribution in [2.75, 3.05) is 52.5 Å². The van der Waals surface area contributed by atoms with E-state index >= 15 is 0 Å². The normalized spacial score (nSPS) is 11.4. The van der Waals surface area contributed by atoms with Gasteiger partial charge in [-0.25, -0.2) is 0 Å². The van der Waals surface area contributed by atoms with E-state index in [2.05, 4.69) is 41.3 Å². The maximum Gasteiger partial charge on any atom is 0.191 e. The first-order valence-electron chi connectivity index (χ1n) is 8.10. The number of nitrogens with one attached hydrogen (secondary N) is 2. The van der Waals surface area contributed by atoms with E-state index in [1.54, 1.807) is 0 Å². The van der Waals surface area contributed by atoms with Crippen LogP contribution in [-0.4, -0.2) is 63.3 Å². The van der Waals surface area contributed by atoms with Gasteiger partial charge in [-0.05, 0) is 39.8 Å². The Balaban J connectivity index is 0. The fourth-order valence-electron chi connectivity index (χ4n) is 1.87. The Morgan fingerprint density at radius 2 is 1.76 bits per heavy atom. The Hall–Kier alpha value is -0.0800. The summed E-state index contributed by atoms with van der Waals surface area (Å²) in [7, 11) is 0. The third-order valence-electron chi connectivity index (χ3n) is 3.13. The Labute approximate surface area is 148 Å². The number of rotatable bonds is 12. The first kappa shape index (κ1) is 23.2. The molecule has 0 unspecified atom stereocenters. The van der Waals surface area contributed by atoms with Crippen LogP contribution in [0.5, 0.6) is 0 Å². The standard InChI is InChI=1S/C15H34N4O.HI/c1-5-16-15(17-11-9-10-14-20-8-4)18-12-13-19(6-2)7-3;/h5-14H2,1-4H3,(H2,16,17,18);1H. The summed E-state index contributed by atoms with van der Waals surface area (Å²) in [5, 5.41) is 6.67. The summed E-state index contributed by atoms with van der Waals surface area (Å²) < 4.78 is 5.32. The molecule has 0 fully saturated rings. The minimum atomic E-state index is 0. The van der Waals surface area contributed by atoms with Gasteiger partial charge >= 0.3 is 0 Å². The SMILES string of the molecule is CCNC(=NCCCCOCC)NCCN(CC)CC.I. The van der Waals surface area contributed by atoms with E-state index in [1.165, 1.54) is 0 Å². The Morgan fingerprint density at radius 1 is 1.05 bits per heavy atom. The third-order valence-corrected chi connectivity index (χ3v) is 3.13. The highest BCUT2D eigenvalue weighted by atomic mass is 127. The summed E-state index contributed by atoms with van der Waals surface area (Å²) in [6.45, 7) is 16.1. The molecule has 0 bridgehead atoms. The van der Waals surface area contributed by atoms with E-state index in [0.29, 0.717) is 0 Å². The van der Waals surface area contributed by atoms with Crippen LogP contribution < -0.4 is 10.6 Å². The summed E-state index contributed by atoms with van der Waals surface area (Å²) in [5.74, 6) is 0.927. The number of likely N-dealkylation sites (N-methyl/N-ethyl adjacent to an activating group) is 1. The molecular formula is C15H35IN4O. The fourth-order valence-corrected chi connectivity index (χ4v) is 1.87. The highest BCUT2D eigenvalue weighted by molar-refractivity contribution is 14.0. The lowest BCUT2D eigenvalue weighted by Gasteiger charge is -2.19. The number of ether oxygens (including phenoxy) is 1. The summed E-state index contributed by atoms with van der Waals surface area (Å²) in [5.41, 5.74) is 0. The van der Waals surface area contributed by atoms with Gasteiger partial charge in [-0.2, -0.15) is 0 Å². The van der Waals surface area contributed by atoms with Crippen molar-refractivity contribution in [1.29, 1.82) is 0 Å². The molecule has 0 atom stereocenters. The average molecular weight is 414 g/mol. The Bertz CT molecular complexity index is 236. The number of guanidine groups is 1. The lowest BCUT2D eigenvalue weighted by molar-refractivity contribution is 0.144. The number of hydrogen-bond acceptors (Lipinski definition) is 3. The molecule has 0 heterocycles. The highest BCUT2D eigenvalue weighted by Crippen LogP contribution is 1.91. The average Bonchev–Trinajstić information content (AvgIpc) is 2.47. The first-order valence-corrected chi connectivity index (χ1v) is 8.10. The number of aliphatic imine (C=N–C) groups is 1. The predicted molar refractivity (Wildman–Crippen MR) is 103 cm³/mol. The van der Waals surface area contributed by atoms with Gasteiger partial charge in [0.05, 0.1) is 0 Å². The van der Waals surface area contributed by atoms with E-state index in [4.69, 9.17) is 4.74 Å². The topological polar surface area (TPSA) is 48.9 Å². The molecule has 5 nitrogen and oxygen atoms in total. The first-order chi connectivity index (χ1) is 9.78. The molecule has 6 heteroatoms. The van der Waals surface area contributed by atoms with Crippen LogP contribution in [0, 0.1) is 0 Å². The summed E-state index contributed by atoms with van der Waals surface area (Å²) in [6, 6.07) is 0. The molecule has 0 aliphatic heterocycles. The minimum Gasteiger partial charge on any atom is -0.382 e. The summed E-state index contributed by atoms with van der Waals surface area (Å²) in [4.78, 5) is 6.98. The van der Waals surface area contributed by atoms with Crippen LogP contribution >= 0.6 is 24.0 Å². The van der Waals surface area contributed by atoms with Crippen LogP contribution in [0.15, 0.2) is 4.99 Å². The van der Waals surface area contributed by atoms with Gasteiger partial charge in [-0.15, -0.1) is 24.0 Å². The maximum atomic E-state index is 5.32. The van der Waals surface area contributed by atoms with Crippen molar-refractivity contribution < 1.29 is 4.74 Å². The quantitative estimate of drug-likeness (QED) is 0.223. The van der Waals surface area contributed by atoms with Crippen molar-refractivity contribution in [3.05, 3.63) is 0 Å². The van der Waals surface area contributed by atoms with E-state index in [1.807, 2.05) is 6.92 Å². The molecule has 0 aromatic heterocycles. The molecule has 0 aliphatic carbocycles. The van der Waals surface area contributed by atoms with E-state index < -0.39 is 0 Å². The third kappa shape index (κ3) is 14.6. The van der Waals surface area contributed by atoms with E-state index in [-0.39, 0.29) is 24.0 Å². The molecule has 2 N–H and O–H groups in total. The Kier molecular flexibility index (Phi) is 19.8. The van der Waals surface area contributed by atoms with Crippen molar-refractivity contribution in [1.82, 2.24) is 15.5 Å². The summed E-state index contributed by atoms with van der Waals surface area (Å²) in [6.07, 6.45) is 2.16. The lowest BCUT2D eigenvalue weighted by Crippen LogP contribution is -2.41. The van der Waals surface area contributed by atoms with Crippen molar-refractivity contribution in [2.24, 2.45) is 4.99 Å². The van der Waals surface area contributed by atoms with Gasteiger partial charge in [0.2, 0.25) is 0 Å². The molecule has 0 amide bonds. The molecule has 0 rings (SSSR count). The predicted octanol–water partition coefficient (Wildman–Crippen LogP) is 2.32. The van der Waals surface area contributed by atoms with Crippen LogP contribution in [0.2, 0.25) is 0 Å². The zero-order valence-corrected chi connectivity index (χ0v) is 16.6. The maximum absolute atomic E-state index is 5.32. The lowest BCUT2D eigenvalue weighted by atomic mass is 10.3. The molecule has 0 aromatic carbocycles. The van der Waals surface area contributed by atoms with Crippen molar-refractivity contribution in [3.63, 3.8) is 0 Å². The van der Waals surface area contributed by atoms with Crippen LogP contribution in [0.4, 0.5) is 0 Å². The number of hydrogen-bond donors (Lipinski definition) is 2. The van der Waals surface area contributed by atoms with Crippen LogP contribution in [0.1, 0.15) is 40.5 Å². The Morgan fingerprint density at radius 3 is 2.33 bits per heavy atom. The molecule has 0 saturated heterocycles. The van der Waals surface area contributed by atoms with Gasteiger partial charge in [0.25, 0.3) is 0 Å². The zero-order chi connectivity index (χ0) is 15.1. The molecule has 0 aliphatic rings. The highest BCUT2D eigenvalue weighted by Gasteiger charge is 2.00. The van der Waals surface area contributed by atoms with Gasteiger partial charge in [0.15, 0.2) is 5.96 Å². The fraction of sp³-hybridized carbons (Fsp3) is 0.933.